The summed E-state index contributed by atoms with van der Waals surface area (Å²) in [6.07, 6.45) is 0.476. The monoisotopic (exact) mass is 284 g/mol. The van der Waals surface area contributed by atoms with Crippen molar-refractivity contribution in [2.24, 2.45) is 5.92 Å². The number of rotatable bonds is 8. The number of nitrogens with zero attached hydrogens (tertiary/aromatic N) is 3. The molecular weight excluding hydrogens is 260 g/mol. The Morgan fingerprint density at radius 3 is 2.60 bits per heavy atom. The van der Waals surface area contributed by atoms with E-state index in [4.69, 9.17) is 0 Å². The van der Waals surface area contributed by atoms with Crippen molar-refractivity contribution in [3.05, 3.63) is 21.5 Å². The van der Waals surface area contributed by atoms with E-state index in [9.17, 15) is 15.2 Å². The molecular formula is C13H24N4O3. The van der Waals surface area contributed by atoms with Crippen LogP contribution in [0.4, 0.5) is 5.69 Å². The molecule has 1 aromatic heterocycles. The lowest BCUT2D eigenvalue weighted by molar-refractivity contribution is -0.386. The second-order valence-corrected chi connectivity index (χ2v) is 5.28. The first kappa shape index (κ1) is 16.6. The maximum Gasteiger partial charge on any atom is 0.312 e. The lowest BCUT2D eigenvalue weighted by Crippen LogP contribution is -2.33. The molecule has 0 aliphatic rings. The van der Waals surface area contributed by atoms with Crippen LogP contribution in [-0.2, 0) is 6.54 Å². The number of hydrogen-bond acceptors (Lipinski definition) is 5. The number of nitrogens with one attached hydrogen (secondary N) is 1. The smallest absolute Gasteiger partial charge is 0.312 e. The van der Waals surface area contributed by atoms with Crippen LogP contribution < -0.4 is 5.32 Å². The number of nitro groups is 1. The number of aromatic nitrogens is 2. The van der Waals surface area contributed by atoms with Crippen LogP contribution in [0.25, 0.3) is 0 Å². The van der Waals surface area contributed by atoms with Crippen molar-refractivity contribution in [1.82, 2.24) is 15.1 Å². The third-order valence-electron chi connectivity index (χ3n) is 3.48. The molecule has 1 rings (SSSR count). The topological polar surface area (TPSA) is 93.2 Å². The van der Waals surface area contributed by atoms with Crippen LogP contribution in [0.3, 0.4) is 0 Å². The summed E-state index contributed by atoms with van der Waals surface area (Å²) in [4.78, 5) is 10.5. The molecule has 0 aromatic carbocycles. The van der Waals surface area contributed by atoms with Gasteiger partial charge in [0.1, 0.15) is 11.4 Å². The largest absolute Gasteiger partial charge is 0.390 e. The molecule has 0 saturated carbocycles. The maximum atomic E-state index is 10.9. The number of aliphatic hydroxyl groups is 1. The predicted octanol–water partition coefficient (Wildman–Crippen LogP) is 1.40. The Morgan fingerprint density at radius 1 is 1.45 bits per heavy atom. The SMILES string of the molecule is CCC(C)CNCC(O)Cn1nc(C)c([N+](=O)[O-])c1C. The molecule has 0 radical (unpaired) electrons. The summed E-state index contributed by atoms with van der Waals surface area (Å²) in [5.41, 5.74) is 0.894. The van der Waals surface area contributed by atoms with Gasteiger partial charge in [0, 0.05) is 6.54 Å². The number of aliphatic hydroxyl groups excluding tert-OH is 1. The van der Waals surface area contributed by atoms with E-state index < -0.39 is 11.0 Å². The molecule has 0 fully saturated rings. The van der Waals surface area contributed by atoms with Gasteiger partial charge in [0.15, 0.2) is 0 Å². The zero-order valence-corrected chi connectivity index (χ0v) is 12.6. The van der Waals surface area contributed by atoms with Crippen LogP contribution in [0.2, 0.25) is 0 Å². The van der Waals surface area contributed by atoms with Crippen LogP contribution in [-0.4, -0.2) is 39.0 Å². The Balaban J connectivity index is 2.56. The molecule has 0 aliphatic heterocycles. The highest BCUT2D eigenvalue weighted by Gasteiger charge is 2.22. The summed E-state index contributed by atoms with van der Waals surface area (Å²) in [5.74, 6) is 0.567. The van der Waals surface area contributed by atoms with Crippen LogP contribution in [0.5, 0.6) is 0 Å². The third-order valence-corrected chi connectivity index (χ3v) is 3.48. The Kier molecular flexibility index (Phi) is 6.09. The Morgan fingerprint density at radius 2 is 2.10 bits per heavy atom. The Bertz CT molecular complexity index is 459. The highest BCUT2D eigenvalue weighted by atomic mass is 16.6. The fraction of sp³-hybridized carbons (Fsp3) is 0.769. The zero-order valence-electron chi connectivity index (χ0n) is 12.6. The van der Waals surface area contributed by atoms with E-state index in [2.05, 4.69) is 24.3 Å². The van der Waals surface area contributed by atoms with Crippen molar-refractivity contribution in [3.63, 3.8) is 0 Å². The van der Waals surface area contributed by atoms with Crippen LogP contribution in [0.1, 0.15) is 31.7 Å². The zero-order chi connectivity index (χ0) is 15.3. The van der Waals surface area contributed by atoms with Gasteiger partial charge in [-0.15, -0.1) is 0 Å². The molecule has 2 unspecified atom stereocenters. The lowest BCUT2D eigenvalue weighted by atomic mass is 10.1. The molecule has 20 heavy (non-hydrogen) atoms. The lowest BCUT2D eigenvalue weighted by Gasteiger charge is -2.15. The van der Waals surface area contributed by atoms with Crippen molar-refractivity contribution in [3.8, 4) is 0 Å². The van der Waals surface area contributed by atoms with Gasteiger partial charge in [-0.3, -0.25) is 14.8 Å². The summed E-state index contributed by atoms with van der Waals surface area (Å²) in [5, 5.41) is 28.2. The standard InChI is InChI=1S/C13H24N4O3/c1-5-9(2)6-14-7-12(18)8-16-11(4)13(17(19)20)10(3)15-16/h9,12,14,18H,5-8H2,1-4H3. The summed E-state index contributed by atoms with van der Waals surface area (Å²) in [6.45, 7) is 9.09. The quantitative estimate of drug-likeness (QED) is 0.556. The van der Waals surface area contributed by atoms with E-state index in [1.807, 2.05) is 0 Å². The predicted molar refractivity (Wildman–Crippen MR) is 76.7 cm³/mol. The first-order valence-corrected chi connectivity index (χ1v) is 6.93. The van der Waals surface area contributed by atoms with Crippen molar-refractivity contribution in [2.45, 2.75) is 46.8 Å². The molecule has 1 aromatic rings. The molecule has 0 amide bonds. The summed E-state index contributed by atoms with van der Waals surface area (Å²) in [7, 11) is 0. The van der Waals surface area contributed by atoms with Gasteiger partial charge in [-0.05, 0) is 26.3 Å². The molecule has 0 bridgehead atoms. The van der Waals surface area contributed by atoms with Crippen LogP contribution >= 0.6 is 0 Å². The second-order valence-electron chi connectivity index (χ2n) is 5.28. The highest BCUT2D eigenvalue weighted by molar-refractivity contribution is 5.39. The van der Waals surface area contributed by atoms with Crippen molar-refractivity contribution in [2.75, 3.05) is 13.1 Å². The molecule has 7 nitrogen and oxygen atoms in total. The van der Waals surface area contributed by atoms with Crippen molar-refractivity contribution >= 4 is 5.69 Å². The average molecular weight is 284 g/mol. The Hall–Kier alpha value is -1.47. The molecule has 114 valence electrons. The van der Waals surface area contributed by atoms with Gasteiger partial charge in [-0.2, -0.15) is 5.10 Å². The van der Waals surface area contributed by atoms with E-state index in [-0.39, 0.29) is 12.2 Å². The maximum absolute atomic E-state index is 10.9. The minimum atomic E-state index is -0.614. The van der Waals surface area contributed by atoms with E-state index in [0.717, 1.165) is 13.0 Å². The normalized spacial score (nSPS) is 14.2. The summed E-state index contributed by atoms with van der Waals surface area (Å²) >= 11 is 0. The van der Waals surface area contributed by atoms with Gasteiger partial charge < -0.3 is 10.4 Å². The molecule has 7 heteroatoms. The van der Waals surface area contributed by atoms with E-state index in [0.29, 0.717) is 23.9 Å². The summed E-state index contributed by atoms with van der Waals surface area (Å²) in [6, 6.07) is 0. The van der Waals surface area contributed by atoms with Gasteiger partial charge in [-0.1, -0.05) is 20.3 Å². The van der Waals surface area contributed by atoms with Crippen LogP contribution in [0.15, 0.2) is 0 Å². The van der Waals surface area contributed by atoms with Gasteiger partial charge in [0.05, 0.1) is 17.6 Å². The molecule has 0 saturated heterocycles. The van der Waals surface area contributed by atoms with Gasteiger partial charge in [0.25, 0.3) is 0 Å². The van der Waals surface area contributed by atoms with Gasteiger partial charge in [0.2, 0.25) is 0 Å². The highest BCUT2D eigenvalue weighted by Crippen LogP contribution is 2.21. The molecule has 2 atom stereocenters. The number of hydrogen-bond donors (Lipinski definition) is 2. The third kappa shape index (κ3) is 4.28. The minimum Gasteiger partial charge on any atom is -0.390 e. The molecule has 1 heterocycles. The minimum absolute atomic E-state index is 0.0322. The van der Waals surface area contributed by atoms with Crippen molar-refractivity contribution < 1.29 is 10.0 Å². The Labute approximate surface area is 119 Å². The molecule has 0 spiro atoms. The first-order valence-electron chi connectivity index (χ1n) is 6.93. The second kappa shape index (κ2) is 7.35. The van der Waals surface area contributed by atoms with Crippen LogP contribution in [0, 0.1) is 29.9 Å². The fourth-order valence-electron chi connectivity index (χ4n) is 2.03. The molecule has 0 aliphatic carbocycles. The van der Waals surface area contributed by atoms with Gasteiger partial charge >= 0.3 is 5.69 Å². The summed E-state index contributed by atoms with van der Waals surface area (Å²) < 4.78 is 1.50. The van der Waals surface area contributed by atoms with E-state index in [1.165, 1.54) is 4.68 Å². The van der Waals surface area contributed by atoms with E-state index >= 15 is 0 Å². The molecule has 2 N–H and O–H groups in total. The van der Waals surface area contributed by atoms with E-state index in [1.54, 1.807) is 13.8 Å². The fourth-order valence-corrected chi connectivity index (χ4v) is 2.03. The van der Waals surface area contributed by atoms with Crippen molar-refractivity contribution in [1.29, 1.82) is 0 Å². The first-order chi connectivity index (χ1) is 9.36. The number of aryl methyl sites for hydroxylation is 1. The van der Waals surface area contributed by atoms with Gasteiger partial charge in [-0.25, -0.2) is 0 Å². The average Bonchev–Trinajstić information content (AvgIpc) is 2.63.